The zero-order chi connectivity index (χ0) is 29.5. The number of phenolic OH excluding ortho intramolecular Hbond substituents is 1. The van der Waals surface area contributed by atoms with E-state index in [9.17, 15) is 9.90 Å². The third-order valence-electron chi connectivity index (χ3n) is 7.88. The smallest absolute Gasteiger partial charge is 0.305 e. The molecule has 0 radical (unpaired) electrons. The van der Waals surface area contributed by atoms with Crippen LogP contribution in [0.2, 0.25) is 0 Å². The van der Waals surface area contributed by atoms with Crippen LogP contribution in [0.5, 0.6) is 5.75 Å². The number of phenols is 1. The number of ether oxygens (including phenoxy) is 1. The first kappa shape index (κ1) is 29.3. The van der Waals surface area contributed by atoms with E-state index in [0.717, 1.165) is 42.0 Å². The lowest BCUT2D eigenvalue weighted by molar-refractivity contribution is -0.143. The molecule has 0 spiro atoms. The summed E-state index contributed by atoms with van der Waals surface area (Å²) in [4.78, 5) is 16.7. The van der Waals surface area contributed by atoms with Crippen molar-refractivity contribution in [3.63, 3.8) is 0 Å². The van der Waals surface area contributed by atoms with Gasteiger partial charge in [0.15, 0.2) is 5.82 Å². The van der Waals surface area contributed by atoms with Crippen LogP contribution < -0.4 is 4.90 Å². The number of aryl methyl sites for hydroxylation is 1. The van der Waals surface area contributed by atoms with Crippen LogP contribution in [0.1, 0.15) is 50.3 Å². The fourth-order valence-corrected chi connectivity index (χ4v) is 5.79. The van der Waals surface area contributed by atoms with Crippen LogP contribution in [0.25, 0.3) is 11.4 Å². The molecule has 1 saturated heterocycles. The van der Waals surface area contributed by atoms with Gasteiger partial charge in [0, 0.05) is 62.0 Å². The minimum Gasteiger partial charge on any atom is -0.508 e. The molecule has 2 atom stereocenters. The van der Waals surface area contributed by atoms with Gasteiger partial charge in [-0.15, -0.1) is 5.10 Å². The number of hydrogen-bond acceptors (Lipinski definition) is 8. The molecule has 3 aromatic carbocycles. The maximum Gasteiger partial charge on any atom is 0.305 e. The van der Waals surface area contributed by atoms with E-state index in [1.165, 1.54) is 5.56 Å². The molecule has 1 aliphatic heterocycles. The second-order valence-electron chi connectivity index (χ2n) is 11.1. The van der Waals surface area contributed by atoms with Crippen molar-refractivity contribution in [3.05, 3.63) is 89.5 Å². The quantitative estimate of drug-likeness (QED) is 0.250. The molecular weight excluding hydrogens is 528 g/mol. The van der Waals surface area contributed by atoms with Crippen molar-refractivity contribution < 1.29 is 14.6 Å². The molecule has 1 aliphatic rings. The highest BCUT2D eigenvalue weighted by Crippen LogP contribution is 2.31. The summed E-state index contributed by atoms with van der Waals surface area (Å²) < 4.78 is 6.78. The first-order valence-corrected chi connectivity index (χ1v) is 14.8. The largest absolute Gasteiger partial charge is 0.508 e. The molecule has 0 saturated carbocycles. The summed E-state index contributed by atoms with van der Waals surface area (Å²) in [5.74, 6) is 0.704. The number of nitrogens with zero attached hydrogens (tertiary/aromatic N) is 6. The van der Waals surface area contributed by atoms with Crippen LogP contribution in [0.3, 0.4) is 0 Å². The maximum atomic E-state index is 11.8. The fourth-order valence-electron chi connectivity index (χ4n) is 5.79. The summed E-state index contributed by atoms with van der Waals surface area (Å²) in [5.41, 5.74) is 5.37. The van der Waals surface area contributed by atoms with Crippen molar-refractivity contribution in [2.24, 2.45) is 0 Å². The molecule has 1 N–H and O–H groups in total. The lowest BCUT2D eigenvalue weighted by atomic mass is 9.98. The van der Waals surface area contributed by atoms with E-state index >= 15 is 0 Å². The summed E-state index contributed by atoms with van der Waals surface area (Å²) in [6.45, 7) is 9.99. The Kier molecular flexibility index (Phi) is 9.48. The highest BCUT2D eigenvalue weighted by atomic mass is 16.5. The lowest BCUT2D eigenvalue weighted by Crippen LogP contribution is -2.56. The molecule has 220 valence electrons. The molecule has 0 aliphatic carbocycles. The van der Waals surface area contributed by atoms with Crippen molar-refractivity contribution >= 4 is 11.7 Å². The number of hydrogen-bond donors (Lipinski definition) is 1. The Morgan fingerprint density at radius 3 is 2.57 bits per heavy atom. The van der Waals surface area contributed by atoms with Gasteiger partial charge in [-0.1, -0.05) is 54.6 Å². The van der Waals surface area contributed by atoms with Gasteiger partial charge in [0.25, 0.3) is 0 Å². The molecule has 1 aromatic heterocycles. The first-order valence-electron chi connectivity index (χ1n) is 14.8. The number of tetrazole rings is 1. The molecular formula is C33H40N6O3. The van der Waals surface area contributed by atoms with Crippen molar-refractivity contribution in [1.29, 1.82) is 0 Å². The first-order chi connectivity index (χ1) is 20.4. The van der Waals surface area contributed by atoms with Crippen LogP contribution in [0, 0.1) is 0 Å². The molecule has 9 heteroatoms. The van der Waals surface area contributed by atoms with Gasteiger partial charge in [0.1, 0.15) is 5.75 Å². The lowest BCUT2D eigenvalue weighted by Gasteiger charge is -2.45. The Balaban J connectivity index is 1.31. The van der Waals surface area contributed by atoms with Crippen LogP contribution in [0.15, 0.2) is 72.8 Å². The molecule has 0 unspecified atom stereocenters. The van der Waals surface area contributed by atoms with Crippen molar-refractivity contribution in [2.45, 2.75) is 65.2 Å². The van der Waals surface area contributed by atoms with E-state index in [4.69, 9.17) is 4.74 Å². The van der Waals surface area contributed by atoms with Gasteiger partial charge in [-0.25, -0.2) is 4.68 Å². The van der Waals surface area contributed by atoms with Gasteiger partial charge in [-0.2, -0.15) is 0 Å². The molecule has 9 nitrogen and oxygen atoms in total. The number of carbonyl (C=O) groups excluding carboxylic acids is 1. The minimum absolute atomic E-state index is 0.214. The maximum absolute atomic E-state index is 11.8. The average molecular weight is 569 g/mol. The highest BCUT2D eigenvalue weighted by Gasteiger charge is 2.29. The molecule has 5 rings (SSSR count). The zero-order valence-electron chi connectivity index (χ0n) is 24.7. The van der Waals surface area contributed by atoms with E-state index in [1.54, 1.807) is 11.6 Å². The van der Waals surface area contributed by atoms with E-state index < -0.39 is 0 Å². The topological polar surface area (TPSA) is 96.6 Å². The molecule has 0 bridgehead atoms. The highest BCUT2D eigenvalue weighted by molar-refractivity contribution is 5.69. The Morgan fingerprint density at radius 2 is 1.76 bits per heavy atom. The number of aromatic nitrogens is 4. The van der Waals surface area contributed by atoms with Gasteiger partial charge in [-0.3, -0.25) is 9.69 Å². The number of benzene rings is 3. The Morgan fingerprint density at radius 1 is 0.976 bits per heavy atom. The summed E-state index contributed by atoms with van der Waals surface area (Å²) >= 11 is 0. The number of anilines is 1. The molecule has 1 fully saturated rings. The Hall–Kier alpha value is -4.24. The van der Waals surface area contributed by atoms with Crippen molar-refractivity contribution in [1.82, 2.24) is 25.1 Å². The number of carbonyl (C=O) groups is 1. The number of aromatic hydroxyl groups is 1. The number of piperazine rings is 1. The van der Waals surface area contributed by atoms with E-state index in [0.29, 0.717) is 50.3 Å². The summed E-state index contributed by atoms with van der Waals surface area (Å²) in [6, 6.07) is 25.3. The van der Waals surface area contributed by atoms with E-state index in [1.807, 2.05) is 30.3 Å². The predicted octanol–water partition coefficient (Wildman–Crippen LogP) is 5.08. The summed E-state index contributed by atoms with van der Waals surface area (Å²) in [5, 5.41) is 23.2. The van der Waals surface area contributed by atoms with Gasteiger partial charge in [-0.05, 0) is 72.9 Å². The standard InChI is InChI=1S/C33H40N6O3/c1-4-42-32(41)15-10-16-39-33(34-35-36-39)31-14-9-8-13-28(31)17-27-18-29(20-30(40)19-27)38-22-24(2)37(21-25(38)3)23-26-11-6-5-7-12-26/h5-9,11-14,18-20,24-25,40H,4,10,15-17,21-23H2,1-3H3/t24-,25+/m1/s1. The van der Waals surface area contributed by atoms with Crippen molar-refractivity contribution in [2.75, 3.05) is 24.6 Å². The van der Waals surface area contributed by atoms with E-state index in [2.05, 4.69) is 81.6 Å². The van der Waals surface area contributed by atoms with Crippen molar-refractivity contribution in [3.8, 4) is 17.1 Å². The van der Waals surface area contributed by atoms with Gasteiger partial charge in [0.05, 0.1) is 6.61 Å². The molecule has 0 amide bonds. The fraction of sp³-hybridized carbons (Fsp3) is 0.394. The van der Waals surface area contributed by atoms with Crippen LogP contribution >= 0.6 is 0 Å². The number of esters is 1. The monoisotopic (exact) mass is 568 g/mol. The molecule has 4 aromatic rings. The molecule has 42 heavy (non-hydrogen) atoms. The summed E-state index contributed by atoms with van der Waals surface area (Å²) in [6.07, 6.45) is 1.52. The van der Waals surface area contributed by atoms with Gasteiger partial charge in [0.2, 0.25) is 0 Å². The normalized spacial score (nSPS) is 17.4. The van der Waals surface area contributed by atoms with E-state index in [-0.39, 0.29) is 11.7 Å². The summed E-state index contributed by atoms with van der Waals surface area (Å²) in [7, 11) is 0. The predicted molar refractivity (Wildman–Crippen MR) is 163 cm³/mol. The minimum atomic E-state index is -0.214. The van der Waals surface area contributed by atoms with Gasteiger partial charge < -0.3 is 14.7 Å². The van der Waals surface area contributed by atoms with Crippen LogP contribution in [0.4, 0.5) is 5.69 Å². The third-order valence-corrected chi connectivity index (χ3v) is 7.88. The second-order valence-corrected chi connectivity index (χ2v) is 11.1. The second kappa shape index (κ2) is 13.6. The van der Waals surface area contributed by atoms with Crippen LogP contribution in [-0.2, 0) is 29.0 Å². The average Bonchev–Trinajstić information content (AvgIpc) is 3.44. The van der Waals surface area contributed by atoms with Gasteiger partial charge >= 0.3 is 5.97 Å². The Labute approximate surface area is 247 Å². The zero-order valence-corrected chi connectivity index (χ0v) is 24.7. The SMILES string of the molecule is CCOC(=O)CCCn1nnnc1-c1ccccc1Cc1cc(O)cc(N2C[C@@H](C)N(Cc3ccccc3)C[C@@H]2C)c1. The Bertz CT molecular complexity index is 1470. The number of rotatable bonds is 11. The molecule has 2 heterocycles. The van der Waals surface area contributed by atoms with Crippen LogP contribution in [-0.4, -0.2) is 68.0 Å². The third kappa shape index (κ3) is 7.15.